The zero-order chi connectivity index (χ0) is 14.4. The highest BCUT2D eigenvalue weighted by atomic mass is 16.3. The molecule has 116 valence electrons. The molecule has 0 aromatic heterocycles. The van der Waals surface area contributed by atoms with Crippen molar-refractivity contribution in [2.24, 2.45) is 22.7 Å². The molecule has 3 saturated carbocycles. The van der Waals surface area contributed by atoms with E-state index >= 15 is 0 Å². The third-order valence-electron chi connectivity index (χ3n) is 7.33. The van der Waals surface area contributed by atoms with Crippen molar-refractivity contribution < 1.29 is 10.2 Å². The maximum atomic E-state index is 11.0. The second kappa shape index (κ2) is 5.28. The van der Waals surface area contributed by atoms with Gasteiger partial charge in [0.15, 0.2) is 0 Å². The molecule has 0 unspecified atom stereocenters. The first-order chi connectivity index (χ1) is 9.52. The van der Waals surface area contributed by atoms with Gasteiger partial charge in [0, 0.05) is 10.8 Å². The molecule has 3 aliphatic carbocycles. The summed E-state index contributed by atoms with van der Waals surface area (Å²) in [5.74, 6) is 1.05. The lowest BCUT2D eigenvalue weighted by atomic mass is 9.40. The molecule has 3 fully saturated rings. The van der Waals surface area contributed by atoms with Gasteiger partial charge in [0.05, 0.1) is 12.2 Å². The first kappa shape index (κ1) is 14.8. The van der Waals surface area contributed by atoms with Crippen molar-refractivity contribution in [2.75, 3.05) is 0 Å². The molecule has 0 spiro atoms. The van der Waals surface area contributed by atoms with E-state index in [9.17, 15) is 10.2 Å². The maximum Gasteiger partial charge on any atom is 0.0702 e. The Balaban J connectivity index is 1.76. The fraction of sp³-hybridized carbons (Fsp3) is 1.00. The van der Waals surface area contributed by atoms with Crippen molar-refractivity contribution in [2.45, 2.75) is 90.3 Å². The van der Waals surface area contributed by atoms with Crippen molar-refractivity contribution in [3.63, 3.8) is 0 Å². The summed E-state index contributed by atoms with van der Waals surface area (Å²) in [5, 5.41) is 22.0. The van der Waals surface area contributed by atoms with Gasteiger partial charge < -0.3 is 10.2 Å². The van der Waals surface area contributed by atoms with E-state index in [0.29, 0.717) is 11.8 Å². The fourth-order valence-corrected chi connectivity index (χ4v) is 5.89. The molecule has 2 nitrogen and oxygen atoms in total. The highest BCUT2D eigenvalue weighted by Gasteiger charge is 2.69. The third kappa shape index (κ3) is 1.90. The second-order valence-electron chi connectivity index (χ2n) is 8.21. The molecule has 0 aromatic rings. The van der Waals surface area contributed by atoms with Crippen LogP contribution in [0.3, 0.4) is 0 Å². The average Bonchev–Trinajstić information content (AvgIpc) is 2.54. The normalized spacial score (nSPS) is 48.0. The summed E-state index contributed by atoms with van der Waals surface area (Å²) in [4.78, 5) is 0. The SMILES string of the molecule is CC1(C2CCCCC2)C(O)C(C)(C2CCCCC2)C1O. The number of rotatable bonds is 2. The van der Waals surface area contributed by atoms with E-state index in [1.165, 1.54) is 64.2 Å². The zero-order valence-electron chi connectivity index (χ0n) is 13.3. The highest BCUT2D eigenvalue weighted by molar-refractivity contribution is 5.18. The van der Waals surface area contributed by atoms with Crippen LogP contribution in [-0.4, -0.2) is 22.4 Å². The van der Waals surface area contributed by atoms with Gasteiger partial charge in [0.2, 0.25) is 0 Å². The Morgan fingerprint density at radius 2 is 0.900 bits per heavy atom. The predicted octanol–water partition coefficient (Wildman–Crippen LogP) is 3.90. The molecule has 0 bridgehead atoms. The number of hydrogen-bond donors (Lipinski definition) is 2. The number of aliphatic hydroxyl groups excluding tert-OH is 2. The van der Waals surface area contributed by atoms with Gasteiger partial charge in [-0.1, -0.05) is 52.4 Å². The highest BCUT2D eigenvalue weighted by Crippen LogP contribution is 2.65. The van der Waals surface area contributed by atoms with Crippen molar-refractivity contribution in [3.8, 4) is 0 Å². The minimum atomic E-state index is -0.309. The van der Waals surface area contributed by atoms with Gasteiger partial charge in [-0.15, -0.1) is 0 Å². The number of aliphatic hydroxyl groups is 2. The summed E-state index contributed by atoms with van der Waals surface area (Å²) in [6.45, 7) is 4.31. The summed E-state index contributed by atoms with van der Waals surface area (Å²) in [6.07, 6.45) is 12.0. The van der Waals surface area contributed by atoms with Crippen molar-refractivity contribution in [1.82, 2.24) is 0 Å². The lowest BCUT2D eigenvalue weighted by Gasteiger charge is -2.68. The van der Waals surface area contributed by atoms with Crippen LogP contribution >= 0.6 is 0 Å². The third-order valence-corrected chi connectivity index (χ3v) is 7.33. The van der Waals surface area contributed by atoms with E-state index in [4.69, 9.17) is 0 Å². The Hall–Kier alpha value is -0.0800. The molecule has 2 heteroatoms. The van der Waals surface area contributed by atoms with Crippen LogP contribution in [0.5, 0.6) is 0 Å². The molecule has 20 heavy (non-hydrogen) atoms. The second-order valence-corrected chi connectivity index (χ2v) is 8.21. The van der Waals surface area contributed by atoms with Crippen molar-refractivity contribution in [3.05, 3.63) is 0 Å². The van der Waals surface area contributed by atoms with Gasteiger partial charge >= 0.3 is 0 Å². The summed E-state index contributed by atoms with van der Waals surface area (Å²) in [5.41, 5.74) is -0.487. The summed E-state index contributed by atoms with van der Waals surface area (Å²) in [7, 11) is 0. The van der Waals surface area contributed by atoms with Crippen LogP contribution in [0.2, 0.25) is 0 Å². The lowest BCUT2D eigenvalue weighted by Crippen LogP contribution is -2.74. The van der Waals surface area contributed by atoms with Crippen LogP contribution in [-0.2, 0) is 0 Å². The Labute approximate surface area is 124 Å². The Morgan fingerprint density at radius 3 is 1.20 bits per heavy atom. The smallest absolute Gasteiger partial charge is 0.0702 e. The molecular weight excluding hydrogens is 248 g/mol. The van der Waals surface area contributed by atoms with Gasteiger partial charge in [-0.05, 0) is 37.5 Å². The molecule has 0 saturated heterocycles. The van der Waals surface area contributed by atoms with Crippen LogP contribution in [0.25, 0.3) is 0 Å². The summed E-state index contributed by atoms with van der Waals surface area (Å²) >= 11 is 0. The minimum Gasteiger partial charge on any atom is -0.392 e. The molecular formula is C18H32O2. The molecule has 3 aliphatic rings. The Kier molecular flexibility index (Phi) is 3.92. The molecule has 2 N–H and O–H groups in total. The van der Waals surface area contributed by atoms with Crippen LogP contribution in [0.15, 0.2) is 0 Å². The lowest BCUT2D eigenvalue weighted by molar-refractivity contribution is -0.307. The van der Waals surface area contributed by atoms with Crippen LogP contribution < -0.4 is 0 Å². The standard InChI is InChI=1S/C18H32O2/c1-17(13-9-5-3-6-10-13)15(19)18(2,16(17)20)14-11-7-4-8-12-14/h13-16,19-20H,3-12H2,1-2H3. The molecule has 0 atom stereocenters. The summed E-state index contributed by atoms with van der Waals surface area (Å²) < 4.78 is 0. The molecule has 0 amide bonds. The quantitative estimate of drug-likeness (QED) is 0.805. The predicted molar refractivity (Wildman–Crippen MR) is 81.4 cm³/mol. The van der Waals surface area contributed by atoms with Crippen LogP contribution in [0, 0.1) is 22.7 Å². The fourth-order valence-electron chi connectivity index (χ4n) is 5.89. The van der Waals surface area contributed by atoms with Gasteiger partial charge in [0.25, 0.3) is 0 Å². The largest absolute Gasteiger partial charge is 0.392 e. The monoisotopic (exact) mass is 280 g/mol. The van der Waals surface area contributed by atoms with E-state index in [2.05, 4.69) is 13.8 Å². The molecule has 0 heterocycles. The van der Waals surface area contributed by atoms with E-state index in [-0.39, 0.29) is 23.0 Å². The topological polar surface area (TPSA) is 40.5 Å². The first-order valence-electron chi connectivity index (χ1n) is 8.88. The van der Waals surface area contributed by atoms with Crippen molar-refractivity contribution in [1.29, 1.82) is 0 Å². The number of hydrogen-bond acceptors (Lipinski definition) is 2. The van der Waals surface area contributed by atoms with Gasteiger partial charge in [-0.3, -0.25) is 0 Å². The van der Waals surface area contributed by atoms with Gasteiger partial charge in [-0.25, -0.2) is 0 Å². The molecule has 0 radical (unpaired) electrons. The zero-order valence-corrected chi connectivity index (χ0v) is 13.3. The summed E-state index contributed by atoms with van der Waals surface area (Å²) in [6, 6.07) is 0. The van der Waals surface area contributed by atoms with Crippen LogP contribution in [0.1, 0.15) is 78.1 Å². The van der Waals surface area contributed by atoms with E-state index in [0.717, 1.165) is 0 Å². The minimum absolute atomic E-state index is 0.243. The Morgan fingerprint density at radius 1 is 0.600 bits per heavy atom. The van der Waals surface area contributed by atoms with Crippen molar-refractivity contribution >= 4 is 0 Å². The van der Waals surface area contributed by atoms with E-state index in [1.54, 1.807) is 0 Å². The van der Waals surface area contributed by atoms with E-state index < -0.39 is 0 Å². The first-order valence-corrected chi connectivity index (χ1v) is 8.88. The molecule has 0 aromatic carbocycles. The average molecular weight is 280 g/mol. The molecule has 3 rings (SSSR count). The maximum absolute atomic E-state index is 11.0. The van der Waals surface area contributed by atoms with E-state index in [1.807, 2.05) is 0 Å². The van der Waals surface area contributed by atoms with Gasteiger partial charge in [-0.2, -0.15) is 0 Å². The van der Waals surface area contributed by atoms with Crippen LogP contribution in [0.4, 0.5) is 0 Å². The Bertz CT molecular complexity index is 297. The van der Waals surface area contributed by atoms with Gasteiger partial charge in [0.1, 0.15) is 0 Å². The molecule has 0 aliphatic heterocycles.